The van der Waals surface area contributed by atoms with Gasteiger partial charge in [0.25, 0.3) is 10.0 Å². The fraction of sp³-hybridized carbons (Fsp3) is 0.0455. The first kappa shape index (κ1) is 20.5. The summed E-state index contributed by atoms with van der Waals surface area (Å²) in [5, 5.41) is 5.20. The SMILES string of the molecule is O=S(=O)(Nc1ccc(Cl)cc1Cl)c1cn(Cc2ccccc2)nc1-c1ccccc1. The van der Waals surface area contributed by atoms with Crippen molar-refractivity contribution in [2.24, 2.45) is 0 Å². The van der Waals surface area contributed by atoms with E-state index in [1.54, 1.807) is 10.7 Å². The highest BCUT2D eigenvalue weighted by Gasteiger charge is 2.24. The summed E-state index contributed by atoms with van der Waals surface area (Å²) in [5.41, 5.74) is 2.32. The van der Waals surface area contributed by atoms with E-state index in [-0.39, 0.29) is 15.6 Å². The predicted octanol–water partition coefficient (Wildman–Crippen LogP) is 5.71. The number of aromatic nitrogens is 2. The van der Waals surface area contributed by atoms with Gasteiger partial charge >= 0.3 is 0 Å². The topological polar surface area (TPSA) is 64.0 Å². The van der Waals surface area contributed by atoms with E-state index in [2.05, 4.69) is 9.82 Å². The summed E-state index contributed by atoms with van der Waals surface area (Å²) in [6, 6.07) is 23.5. The van der Waals surface area contributed by atoms with Gasteiger partial charge < -0.3 is 0 Å². The first-order chi connectivity index (χ1) is 14.4. The van der Waals surface area contributed by atoms with Crippen LogP contribution in [0.3, 0.4) is 0 Å². The van der Waals surface area contributed by atoms with Crippen molar-refractivity contribution >= 4 is 38.9 Å². The molecular formula is C22H17Cl2N3O2S. The number of anilines is 1. The van der Waals surface area contributed by atoms with E-state index < -0.39 is 10.0 Å². The average molecular weight is 458 g/mol. The van der Waals surface area contributed by atoms with E-state index >= 15 is 0 Å². The second-order valence-electron chi connectivity index (χ2n) is 6.62. The standard InChI is InChI=1S/C22H17Cl2N3O2S/c23-18-11-12-20(19(24)13-18)26-30(28,29)21-15-27(14-16-7-3-1-4-8-16)25-22(21)17-9-5-2-6-10-17/h1-13,15,26H,14H2. The van der Waals surface area contributed by atoms with Gasteiger partial charge in [0, 0.05) is 16.8 Å². The highest BCUT2D eigenvalue weighted by Crippen LogP contribution is 2.31. The summed E-state index contributed by atoms with van der Waals surface area (Å²) in [4.78, 5) is 0.0654. The summed E-state index contributed by atoms with van der Waals surface area (Å²) in [6.07, 6.45) is 1.53. The van der Waals surface area contributed by atoms with Gasteiger partial charge in [-0.15, -0.1) is 0 Å². The molecule has 1 heterocycles. The minimum atomic E-state index is -3.96. The van der Waals surface area contributed by atoms with Crippen LogP contribution in [-0.2, 0) is 16.6 Å². The van der Waals surface area contributed by atoms with Crippen molar-refractivity contribution in [2.45, 2.75) is 11.4 Å². The highest BCUT2D eigenvalue weighted by molar-refractivity contribution is 7.92. The number of hydrogen-bond donors (Lipinski definition) is 1. The molecule has 0 atom stereocenters. The molecule has 5 nitrogen and oxygen atoms in total. The second-order valence-corrected chi connectivity index (χ2v) is 9.12. The van der Waals surface area contributed by atoms with Gasteiger partial charge in [-0.1, -0.05) is 83.9 Å². The van der Waals surface area contributed by atoms with E-state index in [9.17, 15) is 8.42 Å². The Morgan fingerprint density at radius 3 is 2.23 bits per heavy atom. The smallest absolute Gasteiger partial charge is 0.265 e. The van der Waals surface area contributed by atoms with E-state index in [0.29, 0.717) is 22.8 Å². The maximum atomic E-state index is 13.2. The van der Waals surface area contributed by atoms with Gasteiger partial charge in [-0.2, -0.15) is 5.10 Å². The fourth-order valence-electron chi connectivity index (χ4n) is 3.02. The van der Waals surface area contributed by atoms with Crippen LogP contribution in [0.25, 0.3) is 11.3 Å². The number of nitrogens with zero attached hydrogens (tertiary/aromatic N) is 2. The summed E-state index contributed by atoms with van der Waals surface area (Å²) in [7, 11) is -3.96. The van der Waals surface area contributed by atoms with Crippen molar-refractivity contribution in [2.75, 3.05) is 4.72 Å². The molecule has 0 saturated heterocycles. The molecule has 0 aliphatic rings. The van der Waals surface area contributed by atoms with Crippen LogP contribution in [0.2, 0.25) is 10.0 Å². The maximum Gasteiger partial charge on any atom is 0.265 e. The van der Waals surface area contributed by atoms with Gasteiger partial charge in [0.15, 0.2) is 0 Å². The van der Waals surface area contributed by atoms with Crippen molar-refractivity contribution in [1.82, 2.24) is 9.78 Å². The Labute approximate surface area is 184 Å². The molecule has 0 bridgehead atoms. The summed E-state index contributed by atoms with van der Waals surface area (Å²) < 4.78 is 30.7. The molecule has 0 amide bonds. The van der Waals surface area contributed by atoms with E-state index in [0.717, 1.165) is 5.56 Å². The number of sulfonamides is 1. The molecule has 30 heavy (non-hydrogen) atoms. The van der Waals surface area contributed by atoms with Gasteiger partial charge in [-0.25, -0.2) is 8.42 Å². The van der Waals surface area contributed by atoms with Crippen molar-refractivity contribution < 1.29 is 8.42 Å². The minimum Gasteiger partial charge on any atom is -0.278 e. The van der Waals surface area contributed by atoms with E-state index in [1.807, 2.05) is 60.7 Å². The fourth-order valence-corrected chi connectivity index (χ4v) is 4.78. The Morgan fingerprint density at radius 2 is 1.57 bits per heavy atom. The van der Waals surface area contributed by atoms with Gasteiger partial charge in [-0.3, -0.25) is 9.40 Å². The zero-order chi connectivity index (χ0) is 21.1. The quantitative estimate of drug-likeness (QED) is 0.403. The van der Waals surface area contributed by atoms with Crippen LogP contribution in [0, 0.1) is 0 Å². The minimum absolute atomic E-state index is 0.0654. The number of halogens is 2. The Bertz CT molecular complexity index is 1270. The number of rotatable bonds is 6. The monoisotopic (exact) mass is 457 g/mol. The molecule has 0 fully saturated rings. The summed E-state index contributed by atoms with van der Waals surface area (Å²) >= 11 is 12.1. The zero-order valence-electron chi connectivity index (χ0n) is 15.7. The molecule has 1 aromatic heterocycles. The Hall–Kier alpha value is -2.80. The molecular weight excluding hydrogens is 441 g/mol. The predicted molar refractivity (Wildman–Crippen MR) is 120 cm³/mol. The van der Waals surface area contributed by atoms with E-state index in [1.165, 1.54) is 18.3 Å². The lowest BCUT2D eigenvalue weighted by Gasteiger charge is -2.10. The number of hydrogen-bond acceptors (Lipinski definition) is 3. The summed E-state index contributed by atoms with van der Waals surface area (Å²) in [6.45, 7) is 0.442. The van der Waals surface area contributed by atoms with Crippen molar-refractivity contribution in [3.05, 3.63) is 101 Å². The first-order valence-corrected chi connectivity index (χ1v) is 11.3. The van der Waals surface area contributed by atoms with Crippen LogP contribution in [0.5, 0.6) is 0 Å². The Balaban J connectivity index is 1.76. The molecule has 0 saturated carbocycles. The zero-order valence-corrected chi connectivity index (χ0v) is 18.0. The molecule has 0 aliphatic heterocycles. The molecule has 4 rings (SSSR count). The molecule has 8 heteroatoms. The number of nitrogens with one attached hydrogen (secondary N) is 1. The lowest BCUT2D eigenvalue weighted by molar-refractivity contribution is 0.601. The summed E-state index contributed by atoms with van der Waals surface area (Å²) in [5.74, 6) is 0. The highest BCUT2D eigenvalue weighted by atomic mass is 35.5. The van der Waals surface area contributed by atoms with Crippen LogP contribution in [0.4, 0.5) is 5.69 Å². The van der Waals surface area contributed by atoms with Crippen LogP contribution < -0.4 is 4.72 Å². The molecule has 0 radical (unpaired) electrons. The largest absolute Gasteiger partial charge is 0.278 e. The Morgan fingerprint density at radius 1 is 0.900 bits per heavy atom. The van der Waals surface area contributed by atoms with Crippen molar-refractivity contribution in [3.63, 3.8) is 0 Å². The van der Waals surface area contributed by atoms with E-state index in [4.69, 9.17) is 23.2 Å². The van der Waals surface area contributed by atoms with Gasteiger partial charge in [0.05, 0.1) is 17.3 Å². The molecule has 0 spiro atoms. The molecule has 1 N–H and O–H groups in total. The second kappa shape index (κ2) is 8.52. The average Bonchev–Trinajstić information content (AvgIpc) is 3.16. The van der Waals surface area contributed by atoms with Crippen molar-refractivity contribution in [3.8, 4) is 11.3 Å². The van der Waals surface area contributed by atoms with Crippen molar-refractivity contribution in [1.29, 1.82) is 0 Å². The van der Waals surface area contributed by atoms with Gasteiger partial charge in [0.1, 0.15) is 10.6 Å². The Kier molecular flexibility index (Phi) is 5.81. The third kappa shape index (κ3) is 4.51. The van der Waals surface area contributed by atoms with Crippen LogP contribution >= 0.6 is 23.2 Å². The lowest BCUT2D eigenvalue weighted by atomic mass is 10.2. The third-order valence-electron chi connectivity index (χ3n) is 4.43. The molecule has 3 aromatic carbocycles. The normalized spacial score (nSPS) is 11.4. The molecule has 0 unspecified atom stereocenters. The lowest BCUT2D eigenvalue weighted by Crippen LogP contribution is -2.13. The van der Waals surface area contributed by atoms with Gasteiger partial charge in [-0.05, 0) is 23.8 Å². The number of benzene rings is 3. The first-order valence-electron chi connectivity index (χ1n) is 9.07. The van der Waals surface area contributed by atoms with Crippen LogP contribution in [-0.4, -0.2) is 18.2 Å². The molecule has 0 aliphatic carbocycles. The molecule has 4 aromatic rings. The molecule has 152 valence electrons. The third-order valence-corrected chi connectivity index (χ3v) is 6.34. The van der Waals surface area contributed by atoms with Gasteiger partial charge in [0.2, 0.25) is 0 Å². The maximum absolute atomic E-state index is 13.2. The van der Waals surface area contributed by atoms with Crippen LogP contribution in [0.1, 0.15) is 5.56 Å². The van der Waals surface area contributed by atoms with Crippen LogP contribution in [0.15, 0.2) is 90.0 Å².